The molecule has 1 saturated heterocycles. The van der Waals surface area contributed by atoms with Crippen LogP contribution in [0.2, 0.25) is 0 Å². The number of rotatable bonds is 6. The van der Waals surface area contributed by atoms with Crippen LogP contribution in [-0.2, 0) is 11.2 Å². The number of nitrogens with zero attached hydrogens (tertiary/aromatic N) is 4. The molecule has 0 radical (unpaired) electrons. The first kappa shape index (κ1) is 22.3. The van der Waals surface area contributed by atoms with Crippen molar-refractivity contribution in [2.45, 2.75) is 32.1 Å². The van der Waals surface area contributed by atoms with Crippen molar-refractivity contribution in [3.63, 3.8) is 0 Å². The minimum atomic E-state index is 0.202. The number of aromatic nitrogens is 2. The Morgan fingerprint density at radius 3 is 2.28 bits per heavy atom. The third-order valence-electron chi connectivity index (χ3n) is 5.84. The molecule has 2 heterocycles. The van der Waals surface area contributed by atoms with Crippen LogP contribution in [-0.4, -0.2) is 52.7 Å². The highest BCUT2D eigenvalue weighted by molar-refractivity contribution is 8.00. The van der Waals surface area contributed by atoms with Gasteiger partial charge in [-0.25, -0.2) is 9.97 Å². The van der Waals surface area contributed by atoms with Crippen molar-refractivity contribution in [3.8, 4) is 0 Å². The number of thioether (sulfide) groups is 1. The molecule has 5 nitrogen and oxygen atoms in total. The first-order chi connectivity index (χ1) is 15.5. The normalized spacial score (nSPS) is 14.0. The lowest BCUT2D eigenvalue weighted by Gasteiger charge is -2.36. The second kappa shape index (κ2) is 10.2. The van der Waals surface area contributed by atoms with Crippen molar-refractivity contribution in [2.24, 2.45) is 0 Å². The number of amides is 1. The van der Waals surface area contributed by atoms with E-state index >= 15 is 0 Å². The molecule has 1 fully saturated rings. The monoisotopic (exact) mass is 446 g/mol. The van der Waals surface area contributed by atoms with Crippen LogP contribution in [0.1, 0.15) is 28.2 Å². The molecule has 1 aromatic heterocycles. The second-order valence-corrected chi connectivity index (χ2v) is 9.34. The summed E-state index contributed by atoms with van der Waals surface area (Å²) in [5.41, 5.74) is 4.74. The van der Waals surface area contributed by atoms with Crippen molar-refractivity contribution in [3.05, 3.63) is 82.8 Å². The van der Waals surface area contributed by atoms with E-state index in [1.54, 1.807) is 11.8 Å². The molecule has 6 heteroatoms. The van der Waals surface area contributed by atoms with E-state index in [9.17, 15) is 4.79 Å². The Labute approximate surface area is 194 Å². The molecule has 0 atom stereocenters. The van der Waals surface area contributed by atoms with Gasteiger partial charge in [0.1, 0.15) is 11.6 Å². The molecular formula is C26H30N4OS. The maximum atomic E-state index is 12.7. The van der Waals surface area contributed by atoms with Crippen LogP contribution in [0.15, 0.2) is 59.5 Å². The molecule has 0 bridgehead atoms. The molecule has 32 heavy (non-hydrogen) atoms. The zero-order chi connectivity index (χ0) is 22.5. The Hall–Kier alpha value is -2.86. The third-order valence-corrected chi connectivity index (χ3v) is 6.84. The summed E-state index contributed by atoms with van der Waals surface area (Å²) in [5, 5.41) is 0. The van der Waals surface area contributed by atoms with E-state index < -0.39 is 0 Å². The predicted molar refractivity (Wildman–Crippen MR) is 131 cm³/mol. The second-order valence-electron chi connectivity index (χ2n) is 8.29. The quantitative estimate of drug-likeness (QED) is 0.524. The minimum Gasteiger partial charge on any atom is -0.353 e. The maximum Gasteiger partial charge on any atom is 0.233 e. The average Bonchev–Trinajstić information content (AvgIpc) is 2.81. The van der Waals surface area contributed by atoms with Crippen molar-refractivity contribution in [1.82, 2.24) is 14.9 Å². The zero-order valence-corrected chi connectivity index (χ0v) is 19.9. The van der Waals surface area contributed by atoms with E-state index in [0.717, 1.165) is 54.8 Å². The lowest BCUT2D eigenvalue weighted by molar-refractivity contribution is -0.128. The van der Waals surface area contributed by atoms with Crippen LogP contribution >= 0.6 is 11.8 Å². The number of piperazine rings is 1. The Bertz CT molecular complexity index is 1060. The van der Waals surface area contributed by atoms with Gasteiger partial charge in [0, 0.05) is 48.8 Å². The molecule has 2 aromatic carbocycles. The van der Waals surface area contributed by atoms with Gasteiger partial charge in [-0.05, 0) is 38.5 Å². The third kappa shape index (κ3) is 5.49. The van der Waals surface area contributed by atoms with Gasteiger partial charge in [0.25, 0.3) is 0 Å². The molecule has 3 aromatic rings. The molecular weight excluding hydrogens is 416 g/mol. The van der Waals surface area contributed by atoms with Crippen LogP contribution in [0.4, 0.5) is 5.82 Å². The van der Waals surface area contributed by atoms with Crippen LogP contribution < -0.4 is 4.90 Å². The Kier molecular flexibility index (Phi) is 7.10. The number of aryl methyl sites for hydroxylation is 3. The number of hydrogen-bond donors (Lipinski definition) is 0. The molecule has 1 aliphatic rings. The summed E-state index contributed by atoms with van der Waals surface area (Å²) in [4.78, 5) is 27.6. The van der Waals surface area contributed by atoms with Gasteiger partial charge in [-0.15, -0.1) is 11.8 Å². The van der Waals surface area contributed by atoms with E-state index in [2.05, 4.69) is 48.0 Å². The van der Waals surface area contributed by atoms with Gasteiger partial charge in [0.05, 0.1) is 5.75 Å². The Balaban J connectivity index is 1.42. The number of carbonyl (C=O) groups is 1. The minimum absolute atomic E-state index is 0.202. The summed E-state index contributed by atoms with van der Waals surface area (Å²) in [6.07, 6.45) is 0.814. The fraction of sp³-hybridized carbons (Fsp3) is 0.346. The van der Waals surface area contributed by atoms with Gasteiger partial charge in [-0.1, -0.05) is 48.0 Å². The lowest BCUT2D eigenvalue weighted by atomic mass is 10.0. The van der Waals surface area contributed by atoms with Crippen LogP contribution in [0, 0.1) is 20.8 Å². The highest BCUT2D eigenvalue weighted by Gasteiger charge is 2.24. The summed E-state index contributed by atoms with van der Waals surface area (Å²) >= 11 is 1.60. The Morgan fingerprint density at radius 2 is 1.59 bits per heavy atom. The van der Waals surface area contributed by atoms with Crippen molar-refractivity contribution >= 4 is 23.5 Å². The number of carbonyl (C=O) groups excluding carboxylic acids is 1. The van der Waals surface area contributed by atoms with Crippen LogP contribution in [0.5, 0.6) is 0 Å². The highest BCUT2D eigenvalue weighted by atomic mass is 32.2. The molecule has 0 unspecified atom stereocenters. The summed E-state index contributed by atoms with van der Waals surface area (Å²) < 4.78 is 0. The first-order valence-electron chi connectivity index (χ1n) is 11.1. The number of benzene rings is 2. The van der Waals surface area contributed by atoms with Crippen molar-refractivity contribution < 1.29 is 4.79 Å². The van der Waals surface area contributed by atoms with E-state index in [-0.39, 0.29) is 5.91 Å². The van der Waals surface area contributed by atoms with Crippen molar-refractivity contribution in [2.75, 3.05) is 36.8 Å². The van der Waals surface area contributed by atoms with E-state index in [1.165, 1.54) is 16.7 Å². The fourth-order valence-corrected chi connectivity index (χ4v) is 4.84. The van der Waals surface area contributed by atoms with Gasteiger partial charge in [0.2, 0.25) is 5.91 Å². The molecule has 0 aliphatic carbocycles. The van der Waals surface area contributed by atoms with Gasteiger partial charge in [-0.2, -0.15) is 0 Å². The largest absolute Gasteiger partial charge is 0.353 e. The van der Waals surface area contributed by atoms with Gasteiger partial charge < -0.3 is 9.80 Å². The number of hydrogen-bond acceptors (Lipinski definition) is 5. The van der Waals surface area contributed by atoms with Gasteiger partial charge in [0.15, 0.2) is 0 Å². The predicted octanol–water partition coefficient (Wildman–Crippen LogP) is 4.43. The molecule has 1 aliphatic heterocycles. The molecule has 1 amide bonds. The maximum absolute atomic E-state index is 12.7. The topological polar surface area (TPSA) is 49.3 Å². The van der Waals surface area contributed by atoms with Gasteiger partial charge >= 0.3 is 0 Å². The summed E-state index contributed by atoms with van der Waals surface area (Å²) in [6.45, 7) is 9.15. The van der Waals surface area contributed by atoms with Gasteiger partial charge in [-0.3, -0.25) is 4.79 Å². The summed E-state index contributed by atoms with van der Waals surface area (Å²) in [5.74, 6) is 2.49. The standard InChI is InChI=1S/C26H30N4OS/c1-19-9-11-22(12-10-19)17-24-20(2)27-21(3)28-26(24)30-15-13-29(14-16-30)25(31)18-32-23-7-5-4-6-8-23/h4-12H,13-18H2,1-3H3. The molecule has 0 N–H and O–H groups in total. The lowest BCUT2D eigenvalue weighted by Crippen LogP contribution is -2.50. The van der Waals surface area contributed by atoms with E-state index in [0.29, 0.717) is 5.75 Å². The van der Waals surface area contributed by atoms with Crippen molar-refractivity contribution in [1.29, 1.82) is 0 Å². The Morgan fingerprint density at radius 1 is 0.906 bits per heavy atom. The molecule has 166 valence electrons. The summed E-state index contributed by atoms with van der Waals surface area (Å²) in [7, 11) is 0. The van der Waals surface area contributed by atoms with E-state index in [4.69, 9.17) is 4.98 Å². The molecule has 4 rings (SSSR count). The highest BCUT2D eigenvalue weighted by Crippen LogP contribution is 2.26. The SMILES string of the molecule is Cc1ccc(Cc2c(C)nc(C)nc2N2CCN(C(=O)CSc3ccccc3)CC2)cc1. The van der Waals surface area contributed by atoms with Crippen LogP contribution in [0.25, 0.3) is 0 Å². The smallest absolute Gasteiger partial charge is 0.233 e. The zero-order valence-electron chi connectivity index (χ0n) is 19.0. The first-order valence-corrected chi connectivity index (χ1v) is 12.1. The average molecular weight is 447 g/mol. The van der Waals surface area contributed by atoms with E-state index in [1.807, 2.05) is 42.2 Å². The molecule has 0 spiro atoms. The van der Waals surface area contributed by atoms with Crippen LogP contribution in [0.3, 0.4) is 0 Å². The summed E-state index contributed by atoms with van der Waals surface area (Å²) in [6, 6.07) is 18.8. The number of anilines is 1. The molecule has 0 saturated carbocycles. The fourth-order valence-electron chi connectivity index (χ4n) is 4.02.